The topological polar surface area (TPSA) is 57.6 Å². The highest BCUT2D eigenvalue weighted by Crippen LogP contribution is 2.38. The van der Waals surface area contributed by atoms with Crippen molar-refractivity contribution in [3.05, 3.63) is 30.1 Å². The fourth-order valence-electron chi connectivity index (χ4n) is 2.93. The smallest absolute Gasteiger partial charge is 0.307 e. The Morgan fingerprint density at radius 2 is 1.85 bits per heavy atom. The van der Waals surface area contributed by atoms with E-state index in [0.717, 1.165) is 0 Å². The number of aliphatic carboxylic acids is 1. The van der Waals surface area contributed by atoms with E-state index >= 15 is 0 Å². The van der Waals surface area contributed by atoms with Gasteiger partial charge >= 0.3 is 5.97 Å². The normalized spacial score (nSPS) is 25.4. The third kappa shape index (κ3) is 2.66. The number of hydrogen-bond acceptors (Lipinski definition) is 2. The van der Waals surface area contributed by atoms with Crippen LogP contribution in [0.15, 0.2) is 24.3 Å². The van der Waals surface area contributed by atoms with Crippen molar-refractivity contribution in [2.75, 3.05) is 11.9 Å². The maximum absolute atomic E-state index is 13.7. The van der Waals surface area contributed by atoms with Gasteiger partial charge in [-0.1, -0.05) is 19.1 Å². The Hall–Kier alpha value is -1.91. The van der Waals surface area contributed by atoms with Gasteiger partial charge in [-0.2, -0.15) is 0 Å². The maximum Gasteiger partial charge on any atom is 0.307 e. The maximum atomic E-state index is 13.7. The highest BCUT2D eigenvalue weighted by Gasteiger charge is 2.42. The van der Waals surface area contributed by atoms with Gasteiger partial charge in [-0.25, -0.2) is 4.39 Å². The van der Waals surface area contributed by atoms with Crippen LogP contribution in [-0.2, 0) is 9.59 Å². The summed E-state index contributed by atoms with van der Waals surface area (Å²) in [6, 6.07) is 6.00. The standard InChI is InChI=1S/C15H18FNO3/c1-9-7-10(11(8-9)15(19)20)14(18)17(2)13-6-4-3-5-12(13)16/h3-6,9-11H,7-8H2,1-2H3,(H,19,20). The first-order valence-electron chi connectivity index (χ1n) is 6.66. The van der Waals surface area contributed by atoms with Crippen LogP contribution in [0, 0.1) is 23.6 Å². The first kappa shape index (κ1) is 14.5. The van der Waals surface area contributed by atoms with Gasteiger partial charge in [0.2, 0.25) is 5.91 Å². The number of carboxylic acid groups (broad SMARTS) is 1. The molecule has 0 aromatic heterocycles. The van der Waals surface area contributed by atoms with Gasteiger partial charge < -0.3 is 10.0 Å². The summed E-state index contributed by atoms with van der Waals surface area (Å²) in [4.78, 5) is 24.9. The molecule has 0 aliphatic heterocycles. The van der Waals surface area contributed by atoms with E-state index < -0.39 is 23.6 Å². The van der Waals surface area contributed by atoms with E-state index in [1.165, 1.54) is 24.1 Å². The van der Waals surface area contributed by atoms with E-state index in [0.29, 0.717) is 12.8 Å². The molecule has 20 heavy (non-hydrogen) atoms. The number of anilines is 1. The zero-order valence-corrected chi connectivity index (χ0v) is 11.5. The number of amides is 1. The van der Waals surface area contributed by atoms with E-state index in [1.54, 1.807) is 12.1 Å². The van der Waals surface area contributed by atoms with Crippen LogP contribution < -0.4 is 4.90 Å². The molecule has 2 rings (SSSR count). The summed E-state index contributed by atoms with van der Waals surface area (Å²) < 4.78 is 13.7. The van der Waals surface area contributed by atoms with Crippen LogP contribution in [0.3, 0.4) is 0 Å². The molecule has 108 valence electrons. The summed E-state index contributed by atoms with van der Waals surface area (Å²) in [5, 5.41) is 9.21. The Labute approximate surface area is 117 Å². The van der Waals surface area contributed by atoms with Crippen molar-refractivity contribution in [3.8, 4) is 0 Å². The molecule has 1 N–H and O–H groups in total. The van der Waals surface area contributed by atoms with Crippen molar-refractivity contribution in [3.63, 3.8) is 0 Å². The van der Waals surface area contributed by atoms with E-state index in [-0.39, 0.29) is 17.5 Å². The number of benzene rings is 1. The lowest BCUT2D eigenvalue weighted by Crippen LogP contribution is -2.37. The van der Waals surface area contributed by atoms with Crippen molar-refractivity contribution < 1.29 is 19.1 Å². The summed E-state index contributed by atoms with van der Waals surface area (Å²) in [7, 11) is 1.49. The molecular weight excluding hydrogens is 261 g/mol. The van der Waals surface area contributed by atoms with Crippen molar-refractivity contribution >= 4 is 17.6 Å². The predicted molar refractivity (Wildman–Crippen MR) is 72.8 cm³/mol. The molecule has 1 aromatic carbocycles. The molecule has 0 heterocycles. The molecule has 1 aromatic rings. The van der Waals surface area contributed by atoms with Gasteiger partial charge in [-0.15, -0.1) is 0 Å². The zero-order chi connectivity index (χ0) is 14.9. The number of carboxylic acids is 1. The first-order chi connectivity index (χ1) is 9.41. The van der Waals surface area contributed by atoms with Gasteiger partial charge in [0.05, 0.1) is 17.5 Å². The van der Waals surface area contributed by atoms with Crippen molar-refractivity contribution in [2.45, 2.75) is 19.8 Å². The number of nitrogens with zero attached hydrogens (tertiary/aromatic N) is 1. The fraction of sp³-hybridized carbons (Fsp3) is 0.467. The van der Waals surface area contributed by atoms with Crippen molar-refractivity contribution in [2.24, 2.45) is 17.8 Å². The third-order valence-corrected chi connectivity index (χ3v) is 3.98. The highest BCUT2D eigenvalue weighted by molar-refractivity contribution is 5.97. The molecular formula is C15H18FNO3. The molecule has 3 unspecified atom stereocenters. The molecule has 0 saturated heterocycles. The van der Waals surface area contributed by atoms with E-state index in [9.17, 15) is 19.1 Å². The lowest BCUT2D eigenvalue weighted by molar-refractivity contribution is -0.145. The quantitative estimate of drug-likeness (QED) is 0.925. The minimum atomic E-state index is -0.949. The summed E-state index contributed by atoms with van der Waals surface area (Å²) in [5.41, 5.74) is 0.182. The average molecular weight is 279 g/mol. The summed E-state index contributed by atoms with van der Waals surface area (Å²) >= 11 is 0. The Bertz CT molecular complexity index is 532. The number of halogens is 1. The van der Waals surface area contributed by atoms with Gasteiger partial charge in [-0.3, -0.25) is 9.59 Å². The number of hydrogen-bond donors (Lipinski definition) is 1. The second-order valence-corrected chi connectivity index (χ2v) is 5.48. The van der Waals surface area contributed by atoms with Gasteiger partial charge in [0.15, 0.2) is 0 Å². The number of carbonyl (C=O) groups excluding carboxylic acids is 1. The number of para-hydroxylation sites is 1. The molecule has 4 nitrogen and oxygen atoms in total. The summed E-state index contributed by atoms with van der Waals surface area (Å²) in [5.74, 6) is -2.82. The number of rotatable bonds is 3. The van der Waals surface area contributed by atoms with Crippen molar-refractivity contribution in [1.29, 1.82) is 0 Å². The summed E-state index contributed by atoms with van der Waals surface area (Å²) in [6.45, 7) is 1.94. The lowest BCUT2D eigenvalue weighted by atomic mass is 9.94. The Balaban J connectivity index is 2.22. The second-order valence-electron chi connectivity index (χ2n) is 5.48. The van der Waals surface area contributed by atoms with Crippen LogP contribution in [0.5, 0.6) is 0 Å². The van der Waals surface area contributed by atoms with E-state index in [1.807, 2.05) is 6.92 Å². The molecule has 5 heteroatoms. The van der Waals surface area contributed by atoms with Crippen molar-refractivity contribution in [1.82, 2.24) is 0 Å². The molecule has 0 radical (unpaired) electrons. The molecule has 1 saturated carbocycles. The highest BCUT2D eigenvalue weighted by atomic mass is 19.1. The van der Waals surface area contributed by atoms with Gasteiger partial charge in [0, 0.05) is 7.05 Å². The van der Waals surface area contributed by atoms with Crippen LogP contribution in [0.2, 0.25) is 0 Å². The lowest BCUT2D eigenvalue weighted by Gasteiger charge is -2.23. The monoisotopic (exact) mass is 279 g/mol. The van der Waals surface area contributed by atoms with Crippen LogP contribution in [0.25, 0.3) is 0 Å². The van der Waals surface area contributed by atoms with Crippen LogP contribution in [0.1, 0.15) is 19.8 Å². The average Bonchev–Trinajstić information content (AvgIpc) is 2.80. The van der Waals surface area contributed by atoms with E-state index in [4.69, 9.17) is 0 Å². The molecule has 1 fully saturated rings. The number of carbonyl (C=O) groups is 2. The van der Waals surface area contributed by atoms with Gasteiger partial charge in [-0.05, 0) is 30.9 Å². The predicted octanol–water partition coefficient (Wildman–Crippen LogP) is 2.54. The largest absolute Gasteiger partial charge is 0.481 e. The summed E-state index contributed by atoms with van der Waals surface area (Å²) in [6.07, 6.45) is 1.03. The molecule has 1 aliphatic carbocycles. The third-order valence-electron chi connectivity index (χ3n) is 3.98. The Morgan fingerprint density at radius 3 is 2.45 bits per heavy atom. The zero-order valence-electron chi connectivity index (χ0n) is 11.5. The molecule has 3 atom stereocenters. The SMILES string of the molecule is CC1CC(C(=O)O)C(C(=O)N(C)c2ccccc2F)C1. The van der Waals surface area contributed by atoms with Crippen LogP contribution in [0.4, 0.5) is 10.1 Å². The minimum Gasteiger partial charge on any atom is -0.481 e. The minimum absolute atomic E-state index is 0.182. The molecule has 0 bridgehead atoms. The molecule has 1 amide bonds. The molecule has 1 aliphatic rings. The molecule has 0 spiro atoms. The Morgan fingerprint density at radius 1 is 1.25 bits per heavy atom. The first-order valence-corrected chi connectivity index (χ1v) is 6.66. The van der Waals surface area contributed by atoms with Crippen LogP contribution in [-0.4, -0.2) is 24.0 Å². The fourth-order valence-corrected chi connectivity index (χ4v) is 2.93. The van der Waals surface area contributed by atoms with Crippen LogP contribution >= 0.6 is 0 Å². The second kappa shape index (κ2) is 5.61. The Kier molecular flexibility index (Phi) is 4.06. The van der Waals surface area contributed by atoms with Gasteiger partial charge in [0.1, 0.15) is 5.82 Å². The van der Waals surface area contributed by atoms with E-state index in [2.05, 4.69) is 0 Å². The van der Waals surface area contributed by atoms with Gasteiger partial charge in [0.25, 0.3) is 0 Å².